The van der Waals surface area contributed by atoms with E-state index in [-0.39, 0.29) is 5.84 Å². The highest BCUT2D eigenvalue weighted by atomic mass is 16.5. The largest absolute Gasteiger partial charge is 0.382 e. The molecule has 1 saturated heterocycles. The van der Waals surface area contributed by atoms with E-state index in [9.17, 15) is 0 Å². The summed E-state index contributed by atoms with van der Waals surface area (Å²) < 4.78 is 5.35. The monoisotopic (exact) mass is 249 g/mol. The minimum atomic E-state index is -0.0445. The third-order valence-corrected chi connectivity index (χ3v) is 3.17. The Morgan fingerprint density at radius 3 is 2.78 bits per heavy atom. The second kappa shape index (κ2) is 5.77. The van der Waals surface area contributed by atoms with Crippen molar-refractivity contribution >= 4 is 11.7 Å². The van der Waals surface area contributed by atoms with E-state index in [2.05, 4.69) is 9.97 Å². The lowest BCUT2D eigenvalue weighted by Gasteiger charge is -2.28. The van der Waals surface area contributed by atoms with Crippen molar-refractivity contribution in [1.82, 2.24) is 9.97 Å². The van der Waals surface area contributed by atoms with Crippen LogP contribution in [-0.2, 0) is 4.74 Å². The van der Waals surface area contributed by atoms with Crippen molar-refractivity contribution in [1.29, 1.82) is 5.41 Å². The van der Waals surface area contributed by atoms with Crippen LogP contribution in [-0.4, -0.2) is 42.6 Å². The molecule has 1 fully saturated rings. The first kappa shape index (κ1) is 12.8. The first-order valence-corrected chi connectivity index (χ1v) is 6.12. The standard InChI is InChI=1S/C12H19N5O/c1-17(8-9-2-6-18-7-3-9)12-10(11(13)14)15-4-5-16-12/h4-5,9H,2-3,6-8H2,1H3,(H3,13,14). The zero-order valence-corrected chi connectivity index (χ0v) is 10.6. The van der Waals surface area contributed by atoms with Gasteiger partial charge in [0, 0.05) is 39.2 Å². The van der Waals surface area contributed by atoms with Gasteiger partial charge < -0.3 is 15.4 Å². The lowest BCUT2D eigenvalue weighted by atomic mass is 10.00. The van der Waals surface area contributed by atoms with E-state index >= 15 is 0 Å². The molecule has 1 aliphatic heterocycles. The highest BCUT2D eigenvalue weighted by Crippen LogP contribution is 2.19. The molecule has 0 spiro atoms. The Morgan fingerprint density at radius 2 is 2.11 bits per heavy atom. The Hall–Kier alpha value is -1.69. The predicted octanol–water partition coefficient (Wildman–Crippen LogP) is 0.623. The maximum absolute atomic E-state index is 7.52. The summed E-state index contributed by atoms with van der Waals surface area (Å²) in [5.41, 5.74) is 5.97. The molecule has 1 aliphatic rings. The molecule has 6 heteroatoms. The number of nitrogens with zero attached hydrogens (tertiary/aromatic N) is 3. The van der Waals surface area contributed by atoms with Gasteiger partial charge >= 0.3 is 0 Å². The lowest BCUT2D eigenvalue weighted by molar-refractivity contribution is 0.0685. The van der Waals surface area contributed by atoms with Crippen LogP contribution in [0.5, 0.6) is 0 Å². The van der Waals surface area contributed by atoms with Crippen LogP contribution < -0.4 is 10.6 Å². The van der Waals surface area contributed by atoms with Gasteiger partial charge in [-0.3, -0.25) is 5.41 Å². The van der Waals surface area contributed by atoms with Gasteiger partial charge in [0.05, 0.1) is 0 Å². The van der Waals surface area contributed by atoms with Gasteiger partial charge in [0.25, 0.3) is 0 Å². The fraction of sp³-hybridized carbons (Fsp3) is 0.583. The van der Waals surface area contributed by atoms with E-state index in [0.717, 1.165) is 32.6 Å². The van der Waals surface area contributed by atoms with Gasteiger partial charge in [0.2, 0.25) is 0 Å². The molecule has 3 N–H and O–H groups in total. The Morgan fingerprint density at radius 1 is 1.44 bits per heavy atom. The van der Waals surface area contributed by atoms with Crippen molar-refractivity contribution in [2.75, 3.05) is 31.7 Å². The summed E-state index contributed by atoms with van der Waals surface area (Å²) in [6.45, 7) is 2.55. The lowest BCUT2D eigenvalue weighted by Crippen LogP contribution is -2.32. The van der Waals surface area contributed by atoms with Gasteiger partial charge in [-0.25, -0.2) is 9.97 Å². The highest BCUT2D eigenvalue weighted by Gasteiger charge is 2.19. The van der Waals surface area contributed by atoms with E-state index in [1.165, 1.54) is 0 Å². The van der Waals surface area contributed by atoms with Crippen LogP contribution in [0.25, 0.3) is 0 Å². The first-order chi connectivity index (χ1) is 8.68. The summed E-state index contributed by atoms with van der Waals surface area (Å²) in [6.07, 6.45) is 5.32. The van der Waals surface area contributed by atoms with Crippen molar-refractivity contribution in [3.05, 3.63) is 18.1 Å². The van der Waals surface area contributed by atoms with E-state index < -0.39 is 0 Å². The van der Waals surface area contributed by atoms with Crippen molar-refractivity contribution in [3.8, 4) is 0 Å². The Kier molecular flexibility index (Phi) is 4.09. The number of nitrogen functional groups attached to an aromatic ring is 1. The number of hydrogen-bond acceptors (Lipinski definition) is 5. The molecule has 1 aromatic rings. The molecule has 2 rings (SSSR count). The maximum Gasteiger partial charge on any atom is 0.158 e. The molecule has 0 radical (unpaired) electrons. The summed E-state index contributed by atoms with van der Waals surface area (Å²) in [4.78, 5) is 10.4. The molecule has 0 bridgehead atoms. The quantitative estimate of drug-likeness (QED) is 0.603. The van der Waals surface area contributed by atoms with Gasteiger partial charge in [0.1, 0.15) is 11.5 Å². The highest BCUT2D eigenvalue weighted by molar-refractivity contribution is 5.97. The molecule has 0 aliphatic carbocycles. The number of rotatable bonds is 4. The number of nitrogens with two attached hydrogens (primary N) is 1. The summed E-state index contributed by atoms with van der Waals surface area (Å²) in [5, 5.41) is 7.52. The Labute approximate surface area is 107 Å². The zero-order valence-electron chi connectivity index (χ0n) is 10.6. The fourth-order valence-corrected chi connectivity index (χ4v) is 2.20. The van der Waals surface area contributed by atoms with Crippen molar-refractivity contribution < 1.29 is 4.74 Å². The Balaban J connectivity index is 2.08. The smallest absolute Gasteiger partial charge is 0.158 e. The SMILES string of the molecule is CN(CC1CCOCC1)c1nccnc1C(=N)N. The van der Waals surface area contributed by atoms with E-state index in [1.807, 2.05) is 11.9 Å². The number of anilines is 1. The van der Waals surface area contributed by atoms with Crippen molar-refractivity contribution in [2.24, 2.45) is 11.7 Å². The van der Waals surface area contributed by atoms with Gasteiger partial charge in [-0.05, 0) is 18.8 Å². The molecule has 98 valence electrons. The minimum absolute atomic E-state index is 0.0445. The van der Waals surface area contributed by atoms with Crippen LogP contribution in [0, 0.1) is 11.3 Å². The molecular formula is C12H19N5O. The predicted molar refractivity (Wildman–Crippen MR) is 69.9 cm³/mol. The summed E-state index contributed by atoms with van der Waals surface area (Å²) in [7, 11) is 1.96. The molecule has 0 aromatic carbocycles. The second-order valence-corrected chi connectivity index (χ2v) is 4.58. The second-order valence-electron chi connectivity index (χ2n) is 4.58. The van der Waals surface area contributed by atoms with Gasteiger partial charge in [0.15, 0.2) is 5.82 Å². The minimum Gasteiger partial charge on any atom is -0.382 e. The number of nitrogens with one attached hydrogen (secondary N) is 1. The van der Waals surface area contributed by atoms with Crippen LogP contribution >= 0.6 is 0 Å². The van der Waals surface area contributed by atoms with E-state index in [4.69, 9.17) is 15.9 Å². The van der Waals surface area contributed by atoms with Crippen LogP contribution in [0.15, 0.2) is 12.4 Å². The van der Waals surface area contributed by atoms with E-state index in [0.29, 0.717) is 17.4 Å². The third kappa shape index (κ3) is 2.95. The van der Waals surface area contributed by atoms with Crippen LogP contribution in [0.1, 0.15) is 18.5 Å². The molecule has 0 atom stereocenters. The molecule has 6 nitrogen and oxygen atoms in total. The number of hydrogen-bond donors (Lipinski definition) is 2. The Bertz CT molecular complexity index is 417. The molecule has 2 heterocycles. The molecule has 0 amide bonds. The van der Waals surface area contributed by atoms with E-state index in [1.54, 1.807) is 12.4 Å². The first-order valence-electron chi connectivity index (χ1n) is 6.12. The summed E-state index contributed by atoms with van der Waals surface area (Å²) >= 11 is 0. The molecule has 18 heavy (non-hydrogen) atoms. The third-order valence-electron chi connectivity index (χ3n) is 3.17. The topological polar surface area (TPSA) is 88.1 Å². The average Bonchev–Trinajstić information content (AvgIpc) is 2.40. The summed E-state index contributed by atoms with van der Waals surface area (Å²) in [6, 6.07) is 0. The number of aromatic nitrogens is 2. The zero-order chi connectivity index (χ0) is 13.0. The fourth-order valence-electron chi connectivity index (χ4n) is 2.20. The van der Waals surface area contributed by atoms with Gasteiger partial charge in [-0.2, -0.15) is 0 Å². The maximum atomic E-state index is 7.52. The van der Waals surface area contributed by atoms with Gasteiger partial charge in [-0.15, -0.1) is 0 Å². The number of amidine groups is 1. The van der Waals surface area contributed by atoms with Crippen molar-refractivity contribution in [3.63, 3.8) is 0 Å². The summed E-state index contributed by atoms with van der Waals surface area (Å²) in [5.74, 6) is 1.24. The van der Waals surface area contributed by atoms with Crippen LogP contribution in [0.3, 0.4) is 0 Å². The average molecular weight is 249 g/mol. The van der Waals surface area contributed by atoms with Crippen LogP contribution in [0.2, 0.25) is 0 Å². The van der Waals surface area contributed by atoms with Crippen molar-refractivity contribution in [2.45, 2.75) is 12.8 Å². The molecule has 0 unspecified atom stereocenters. The molecular weight excluding hydrogens is 230 g/mol. The molecule has 1 aromatic heterocycles. The van der Waals surface area contributed by atoms with Gasteiger partial charge in [-0.1, -0.05) is 0 Å². The normalized spacial score (nSPS) is 16.5. The number of ether oxygens (including phenoxy) is 1. The van der Waals surface area contributed by atoms with Crippen LogP contribution in [0.4, 0.5) is 5.82 Å². The molecule has 0 saturated carbocycles.